The summed E-state index contributed by atoms with van der Waals surface area (Å²) < 4.78 is 18.3. The molecule has 0 amide bonds. The largest absolute Gasteiger partial charge is 0.494 e. The highest BCUT2D eigenvalue weighted by Crippen LogP contribution is 2.28. The van der Waals surface area contributed by atoms with Crippen LogP contribution in [0, 0.1) is 11.7 Å². The Morgan fingerprint density at radius 3 is 2.76 bits per heavy atom. The SMILES string of the molecule is COc1ccc(C(=O)C2CCC(N)C2)cc1F. The summed E-state index contributed by atoms with van der Waals surface area (Å²) in [5.41, 5.74) is 6.18. The van der Waals surface area contributed by atoms with Crippen LogP contribution in [0.1, 0.15) is 29.6 Å². The van der Waals surface area contributed by atoms with Gasteiger partial charge in [0.1, 0.15) is 0 Å². The van der Waals surface area contributed by atoms with E-state index in [0.717, 1.165) is 12.8 Å². The van der Waals surface area contributed by atoms with Gasteiger partial charge in [-0.3, -0.25) is 4.79 Å². The first-order chi connectivity index (χ1) is 8.11. The zero-order valence-corrected chi connectivity index (χ0v) is 9.78. The van der Waals surface area contributed by atoms with E-state index < -0.39 is 5.82 Å². The van der Waals surface area contributed by atoms with Crippen LogP contribution in [0.25, 0.3) is 0 Å². The third kappa shape index (κ3) is 2.47. The number of rotatable bonds is 3. The molecule has 0 heterocycles. The number of carbonyl (C=O) groups excluding carboxylic acids is 1. The van der Waals surface area contributed by atoms with Crippen LogP contribution in [0.15, 0.2) is 18.2 Å². The minimum absolute atomic E-state index is 0.0143. The van der Waals surface area contributed by atoms with Crippen LogP contribution in [0.5, 0.6) is 5.75 Å². The van der Waals surface area contributed by atoms with Crippen molar-refractivity contribution in [1.29, 1.82) is 0 Å². The number of methoxy groups -OCH3 is 1. The Bertz CT molecular complexity index is 433. The smallest absolute Gasteiger partial charge is 0.166 e. The Morgan fingerprint density at radius 1 is 1.47 bits per heavy atom. The van der Waals surface area contributed by atoms with Gasteiger partial charge >= 0.3 is 0 Å². The maximum atomic E-state index is 13.5. The molecule has 1 saturated carbocycles. The van der Waals surface area contributed by atoms with Crippen LogP contribution < -0.4 is 10.5 Å². The minimum Gasteiger partial charge on any atom is -0.494 e. The first kappa shape index (κ1) is 12.0. The lowest BCUT2D eigenvalue weighted by molar-refractivity contribution is 0.0921. The van der Waals surface area contributed by atoms with Crippen LogP contribution in [-0.4, -0.2) is 18.9 Å². The molecule has 92 valence electrons. The van der Waals surface area contributed by atoms with E-state index in [4.69, 9.17) is 10.5 Å². The van der Waals surface area contributed by atoms with Crippen LogP contribution >= 0.6 is 0 Å². The number of ketones is 1. The van der Waals surface area contributed by atoms with Gasteiger partial charge in [-0.2, -0.15) is 0 Å². The maximum absolute atomic E-state index is 13.5. The maximum Gasteiger partial charge on any atom is 0.166 e. The van der Waals surface area contributed by atoms with Crippen LogP contribution in [0.2, 0.25) is 0 Å². The second kappa shape index (κ2) is 4.84. The Kier molecular flexibility index (Phi) is 3.43. The Hall–Kier alpha value is -1.42. The van der Waals surface area contributed by atoms with Crippen molar-refractivity contribution >= 4 is 5.78 Å². The van der Waals surface area contributed by atoms with Crippen LogP contribution in [-0.2, 0) is 0 Å². The van der Waals surface area contributed by atoms with Crippen molar-refractivity contribution in [3.05, 3.63) is 29.6 Å². The molecule has 0 aromatic heterocycles. The third-order valence-electron chi connectivity index (χ3n) is 3.28. The number of ether oxygens (including phenoxy) is 1. The predicted molar refractivity (Wildman–Crippen MR) is 62.6 cm³/mol. The van der Waals surface area contributed by atoms with E-state index in [1.165, 1.54) is 19.2 Å². The molecule has 0 spiro atoms. The second-order valence-corrected chi connectivity index (χ2v) is 4.48. The summed E-state index contributed by atoms with van der Waals surface area (Å²) in [7, 11) is 1.40. The van der Waals surface area contributed by atoms with Crippen molar-refractivity contribution in [2.24, 2.45) is 11.7 Å². The van der Waals surface area contributed by atoms with E-state index in [0.29, 0.717) is 12.0 Å². The van der Waals surface area contributed by atoms with Crippen LogP contribution in [0.4, 0.5) is 4.39 Å². The van der Waals surface area contributed by atoms with E-state index in [2.05, 4.69) is 0 Å². The number of hydrogen-bond donors (Lipinski definition) is 1. The summed E-state index contributed by atoms with van der Waals surface area (Å²) in [6, 6.07) is 4.43. The molecular formula is C13H16FNO2. The van der Waals surface area contributed by atoms with E-state index in [1.54, 1.807) is 6.07 Å². The van der Waals surface area contributed by atoms with Crippen molar-refractivity contribution < 1.29 is 13.9 Å². The number of benzene rings is 1. The van der Waals surface area contributed by atoms with Gasteiger partial charge in [0.05, 0.1) is 7.11 Å². The summed E-state index contributed by atoms with van der Waals surface area (Å²) in [5.74, 6) is -0.414. The highest BCUT2D eigenvalue weighted by atomic mass is 19.1. The van der Waals surface area contributed by atoms with E-state index in [-0.39, 0.29) is 23.5 Å². The molecule has 0 radical (unpaired) electrons. The molecule has 1 aromatic carbocycles. The predicted octanol–water partition coefficient (Wildman–Crippen LogP) is 2.14. The number of nitrogens with two attached hydrogens (primary N) is 1. The first-order valence-electron chi connectivity index (χ1n) is 5.75. The number of Topliss-reactive ketones (excluding diaryl/α,β-unsaturated/α-hetero) is 1. The molecule has 1 aliphatic rings. The lowest BCUT2D eigenvalue weighted by Gasteiger charge is -2.09. The standard InChI is InChI=1S/C13H16FNO2/c1-17-12-5-3-9(7-11(12)14)13(16)8-2-4-10(15)6-8/h3,5,7-8,10H,2,4,6,15H2,1H3. The summed E-state index contributed by atoms with van der Waals surface area (Å²) in [6.45, 7) is 0. The monoisotopic (exact) mass is 237 g/mol. The second-order valence-electron chi connectivity index (χ2n) is 4.48. The van der Waals surface area contributed by atoms with Crippen molar-refractivity contribution in [1.82, 2.24) is 0 Å². The van der Waals surface area contributed by atoms with Crippen molar-refractivity contribution in [3.63, 3.8) is 0 Å². The lowest BCUT2D eigenvalue weighted by Crippen LogP contribution is -2.18. The molecule has 17 heavy (non-hydrogen) atoms. The van der Waals surface area contributed by atoms with Gasteiger partial charge in [-0.15, -0.1) is 0 Å². The van der Waals surface area contributed by atoms with Crippen molar-refractivity contribution in [2.45, 2.75) is 25.3 Å². The molecular weight excluding hydrogens is 221 g/mol. The molecule has 2 unspecified atom stereocenters. The lowest BCUT2D eigenvalue weighted by atomic mass is 9.96. The highest BCUT2D eigenvalue weighted by molar-refractivity contribution is 5.98. The average molecular weight is 237 g/mol. The highest BCUT2D eigenvalue weighted by Gasteiger charge is 2.28. The molecule has 2 N–H and O–H groups in total. The van der Waals surface area contributed by atoms with E-state index in [9.17, 15) is 9.18 Å². The normalized spacial score (nSPS) is 23.7. The van der Waals surface area contributed by atoms with Gasteiger partial charge in [0.15, 0.2) is 17.3 Å². The molecule has 1 aromatic rings. The summed E-state index contributed by atoms with van der Waals surface area (Å²) in [4.78, 5) is 12.1. The third-order valence-corrected chi connectivity index (χ3v) is 3.28. The van der Waals surface area contributed by atoms with Gasteiger partial charge in [-0.05, 0) is 37.5 Å². The zero-order valence-electron chi connectivity index (χ0n) is 9.78. The Morgan fingerprint density at radius 2 is 2.24 bits per heavy atom. The topological polar surface area (TPSA) is 52.3 Å². The Labute approximate surface area is 99.8 Å². The number of halogens is 1. The first-order valence-corrected chi connectivity index (χ1v) is 5.75. The molecule has 1 aliphatic carbocycles. The fraction of sp³-hybridized carbons (Fsp3) is 0.462. The van der Waals surface area contributed by atoms with Crippen LogP contribution in [0.3, 0.4) is 0 Å². The van der Waals surface area contributed by atoms with Gasteiger partial charge in [-0.25, -0.2) is 4.39 Å². The molecule has 2 rings (SSSR count). The fourth-order valence-electron chi connectivity index (χ4n) is 2.31. The van der Waals surface area contributed by atoms with Gasteiger partial charge < -0.3 is 10.5 Å². The van der Waals surface area contributed by atoms with Crippen molar-refractivity contribution in [2.75, 3.05) is 7.11 Å². The number of hydrogen-bond acceptors (Lipinski definition) is 3. The van der Waals surface area contributed by atoms with Crippen molar-refractivity contribution in [3.8, 4) is 5.75 Å². The minimum atomic E-state index is -0.499. The summed E-state index contributed by atoms with van der Waals surface area (Å²) in [5, 5.41) is 0. The molecule has 1 fully saturated rings. The van der Waals surface area contributed by atoms with E-state index >= 15 is 0 Å². The van der Waals surface area contributed by atoms with Gasteiger partial charge in [0, 0.05) is 17.5 Å². The van der Waals surface area contributed by atoms with Gasteiger partial charge in [0.25, 0.3) is 0 Å². The molecule has 0 aliphatic heterocycles. The van der Waals surface area contributed by atoms with E-state index in [1.807, 2.05) is 0 Å². The molecule has 0 saturated heterocycles. The number of carbonyl (C=O) groups is 1. The summed E-state index contributed by atoms with van der Waals surface area (Å²) in [6.07, 6.45) is 2.37. The molecule has 3 nitrogen and oxygen atoms in total. The van der Waals surface area contributed by atoms with Gasteiger partial charge in [-0.1, -0.05) is 0 Å². The molecule has 2 atom stereocenters. The Balaban J connectivity index is 2.17. The molecule has 0 bridgehead atoms. The quantitative estimate of drug-likeness (QED) is 0.819. The van der Waals surface area contributed by atoms with Gasteiger partial charge in [0.2, 0.25) is 0 Å². The fourth-order valence-corrected chi connectivity index (χ4v) is 2.31. The molecule has 4 heteroatoms. The zero-order chi connectivity index (χ0) is 12.4. The summed E-state index contributed by atoms with van der Waals surface area (Å²) >= 11 is 0. The average Bonchev–Trinajstić information content (AvgIpc) is 2.75.